The van der Waals surface area contributed by atoms with Gasteiger partial charge in [0.15, 0.2) is 11.5 Å². The van der Waals surface area contributed by atoms with E-state index < -0.39 is 0 Å². The molecule has 6 nitrogen and oxygen atoms in total. The maximum atomic E-state index is 5.87. The van der Waals surface area contributed by atoms with Gasteiger partial charge in [0.25, 0.3) is 0 Å². The Morgan fingerprint density at radius 3 is 2.67 bits per heavy atom. The van der Waals surface area contributed by atoms with Crippen molar-refractivity contribution in [3.63, 3.8) is 0 Å². The van der Waals surface area contributed by atoms with Crippen LogP contribution in [0.3, 0.4) is 0 Å². The van der Waals surface area contributed by atoms with Gasteiger partial charge in [0.1, 0.15) is 5.82 Å². The molecule has 0 aliphatic heterocycles. The summed E-state index contributed by atoms with van der Waals surface area (Å²) >= 11 is 0. The molecule has 6 heteroatoms. The third-order valence-electron chi connectivity index (χ3n) is 3.47. The molecule has 0 saturated heterocycles. The van der Waals surface area contributed by atoms with Gasteiger partial charge >= 0.3 is 0 Å². The third-order valence-corrected chi connectivity index (χ3v) is 3.47. The maximum Gasteiger partial charge on any atom is 0.184 e. The Morgan fingerprint density at radius 2 is 1.90 bits per heavy atom. The molecule has 104 valence electrons. The molecule has 1 fully saturated rings. The Hall–Kier alpha value is -2.76. The summed E-state index contributed by atoms with van der Waals surface area (Å²) in [6.07, 6.45) is 4.01. The molecule has 2 N–H and O–H groups in total. The topological polar surface area (TPSA) is 82.5 Å². The fraction of sp³-hybridized carbons (Fsp3) is 0.200. The second kappa shape index (κ2) is 4.66. The summed E-state index contributed by atoms with van der Waals surface area (Å²) in [4.78, 5) is 10.4. The molecular formula is C15H14N6. The smallest absolute Gasteiger partial charge is 0.184 e. The van der Waals surface area contributed by atoms with E-state index in [9.17, 15) is 0 Å². The fourth-order valence-electron chi connectivity index (χ4n) is 2.24. The zero-order chi connectivity index (χ0) is 14.2. The van der Waals surface area contributed by atoms with E-state index in [4.69, 9.17) is 5.73 Å². The van der Waals surface area contributed by atoms with E-state index in [1.54, 1.807) is 11.0 Å². The van der Waals surface area contributed by atoms with E-state index in [1.807, 2.05) is 36.4 Å². The van der Waals surface area contributed by atoms with Crippen LogP contribution in [0.2, 0.25) is 0 Å². The predicted molar refractivity (Wildman–Crippen MR) is 78.8 cm³/mol. The van der Waals surface area contributed by atoms with Gasteiger partial charge in [-0.25, -0.2) is 9.97 Å². The van der Waals surface area contributed by atoms with Crippen molar-refractivity contribution in [1.82, 2.24) is 25.0 Å². The lowest BCUT2D eigenvalue weighted by atomic mass is 10.2. The number of hydrogen-bond acceptors (Lipinski definition) is 5. The summed E-state index contributed by atoms with van der Waals surface area (Å²) in [5, 5.41) is 8.71. The first-order chi connectivity index (χ1) is 10.3. The number of nitrogens with two attached hydrogens (primary N) is 1. The van der Waals surface area contributed by atoms with Gasteiger partial charge in [0.2, 0.25) is 0 Å². The quantitative estimate of drug-likeness (QED) is 0.794. The molecule has 0 atom stereocenters. The molecule has 4 rings (SSSR count). The monoisotopic (exact) mass is 278 g/mol. The molecule has 1 saturated carbocycles. The first-order valence-corrected chi connectivity index (χ1v) is 6.92. The second-order valence-electron chi connectivity index (χ2n) is 5.17. The highest BCUT2D eigenvalue weighted by molar-refractivity contribution is 5.51. The van der Waals surface area contributed by atoms with Gasteiger partial charge in [0, 0.05) is 17.7 Å². The van der Waals surface area contributed by atoms with E-state index in [2.05, 4.69) is 20.2 Å². The molecule has 1 aliphatic carbocycles. The zero-order valence-corrected chi connectivity index (χ0v) is 11.3. The lowest BCUT2D eigenvalue weighted by Crippen LogP contribution is -2.01. The lowest BCUT2D eigenvalue weighted by Gasteiger charge is -2.02. The van der Waals surface area contributed by atoms with Crippen LogP contribution < -0.4 is 5.73 Å². The van der Waals surface area contributed by atoms with Gasteiger partial charge in [-0.05, 0) is 25.0 Å². The minimum Gasteiger partial charge on any atom is -0.384 e. The summed E-state index contributed by atoms with van der Waals surface area (Å²) in [6.45, 7) is 0. The van der Waals surface area contributed by atoms with E-state index >= 15 is 0 Å². The highest BCUT2D eigenvalue weighted by atomic mass is 15.5. The number of benzene rings is 1. The Kier molecular flexibility index (Phi) is 2.67. The molecule has 0 bridgehead atoms. The maximum absolute atomic E-state index is 5.87. The number of nitrogens with zero attached hydrogens (tertiary/aromatic N) is 5. The van der Waals surface area contributed by atoms with Gasteiger partial charge in [0.05, 0.1) is 11.9 Å². The minimum atomic E-state index is 0.483. The van der Waals surface area contributed by atoms with E-state index in [-0.39, 0.29) is 0 Å². The average Bonchev–Trinajstić information content (AvgIpc) is 3.24. The first-order valence-electron chi connectivity index (χ1n) is 6.92. The van der Waals surface area contributed by atoms with Gasteiger partial charge in [-0.2, -0.15) is 9.90 Å². The molecular weight excluding hydrogens is 264 g/mol. The molecule has 1 aromatic carbocycles. The Bertz CT molecular complexity index is 776. The SMILES string of the molecule is Nc1cc(C2CC2)nc(-c2cnn(-c3ccccc3)n2)n1. The number of anilines is 1. The number of para-hydroxylation sites is 1. The van der Waals surface area contributed by atoms with Crippen molar-refractivity contribution in [2.45, 2.75) is 18.8 Å². The minimum absolute atomic E-state index is 0.483. The van der Waals surface area contributed by atoms with Crippen molar-refractivity contribution in [2.24, 2.45) is 0 Å². The molecule has 0 unspecified atom stereocenters. The highest BCUT2D eigenvalue weighted by Gasteiger charge is 2.26. The van der Waals surface area contributed by atoms with E-state index in [0.29, 0.717) is 23.3 Å². The van der Waals surface area contributed by atoms with Crippen LogP contribution in [-0.2, 0) is 0 Å². The molecule has 0 amide bonds. The van der Waals surface area contributed by atoms with Crippen molar-refractivity contribution in [1.29, 1.82) is 0 Å². The van der Waals surface area contributed by atoms with Crippen LogP contribution in [0, 0.1) is 0 Å². The Balaban J connectivity index is 1.72. The summed E-state index contributed by atoms with van der Waals surface area (Å²) in [7, 11) is 0. The van der Waals surface area contributed by atoms with Crippen molar-refractivity contribution >= 4 is 5.82 Å². The molecule has 2 aromatic heterocycles. The van der Waals surface area contributed by atoms with Gasteiger partial charge < -0.3 is 5.73 Å². The number of hydrogen-bond donors (Lipinski definition) is 1. The lowest BCUT2D eigenvalue weighted by molar-refractivity contribution is 0.752. The van der Waals surface area contributed by atoms with Gasteiger partial charge in [-0.3, -0.25) is 0 Å². The van der Waals surface area contributed by atoms with E-state index in [0.717, 1.165) is 11.4 Å². The van der Waals surface area contributed by atoms with Crippen molar-refractivity contribution < 1.29 is 0 Å². The molecule has 2 heterocycles. The summed E-state index contributed by atoms with van der Waals surface area (Å²) < 4.78 is 0. The number of rotatable bonds is 3. The van der Waals surface area contributed by atoms with Crippen LogP contribution in [0.5, 0.6) is 0 Å². The molecule has 0 spiro atoms. The Morgan fingerprint density at radius 1 is 1.10 bits per heavy atom. The zero-order valence-electron chi connectivity index (χ0n) is 11.3. The van der Waals surface area contributed by atoms with E-state index in [1.165, 1.54) is 12.8 Å². The molecule has 21 heavy (non-hydrogen) atoms. The average molecular weight is 278 g/mol. The predicted octanol–water partition coefficient (Wildman–Crippen LogP) is 2.18. The van der Waals surface area contributed by atoms with Crippen LogP contribution in [0.25, 0.3) is 17.2 Å². The fourth-order valence-corrected chi connectivity index (χ4v) is 2.24. The largest absolute Gasteiger partial charge is 0.384 e. The number of nitrogen functional groups attached to an aromatic ring is 1. The summed E-state index contributed by atoms with van der Waals surface area (Å²) in [5.74, 6) is 1.55. The highest BCUT2D eigenvalue weighted by Crippen LogP contribution is 2.39. The molecule has 3 aromatic rings. The number of aromatic nitrogens is 5. The summed E-state index contributed by atoms with van der Waals surface area (Å²) in [6, 6.07) is 11.6. The standard InChI is InChI=1S/C15H14N6/c16-14-8-12(10-6-7-10)18-15(19-14)13-9-17-21(20-13)11-4-2-1-3-5-11/h1-5,8-10H,6-7H2,(H2,16,18,19). The third kappa shape index (κ3) is 2.35. The normalized spacial score (nSPS) is 14.3. The Labute approximate surface area is 121 Å². The van der Waals surface area contributed by atoms with Crippen molar-refractivity contribution in [2.75, 3.05) is 5.73 Å². The molecule has 1 aliphatic rings. The van der Waals surface area contributed by atoms with Gasteiger partial charge in [-0.15, -0.1) is 5.10 Å². The first kappa shape index (κ1) is 12.0. The van der Waals surface area contributed by atoms with Crippen molar-refractivity contribution in [3.8, 4) is 17.2 Å². The summed E-state index contributed by atoms with van der Waals surface area (Å²) in [5.41, 5.74) is 8.41. The molecule has 0 radical (unpaired) electrons. The van der Waals surface area contributed by atoms with Crippen LogP contribution >= 0.6 is 0 Å². The van der Waals surface area contributed by atoms with Crippen LogP contribution in [0.1, 0.15) is 24.5 Å². The van der Waals surface area contributed by atoms with Crippen LogP contribution in [0.4, 0.5) is 5.82 Å². The second-order valence-corrected chi connectivity index (χ2v) is 5.17. The van der Waals surface area contributed by atoms with Crippen molar-refractivity contribution in [3.05, 3.63) is 48.3 Å². The van der Waals surface area contributed by atoms with Crippen LogP contribution in [-0.4, -0.2) is 25.0 Å². The van der Waals surface area contributed by atoms with Gasteiger partial charge in [-0.1, -0.05) is 18.2 Å². The van der Waals surface area contributed by atoms with Crippen LogP contribution in [0.15, 0.2) is 42.6 Å².